The molecule has 0 aliphatic rings. The zero-order valence-corrected chi connectivity index (χ0v) is 14.5. The van der Waals surface area contributed by atoms with Crippen LogP contribution in [-0.4, -0.2) is 23.0 Å². The summed E-state index contributed by atoms with van der Waals surface area (Å²) in [5.41, 5.74) is 1.35. The van der Waals surface area contributed by atoms with Crippen molar-refractivity contribution < 1.29 is 9.59 Å². The predicted molar refractivity (Wildman–Crippen MR) is 102 cm³/mol. The van der Waals surface area contributed by atoms with Gasteiger partial charge in [0.2, 0.25) is 0 Å². The van der Waals surface area contributed by atoms with Gasteiger partial charge in [0.05, 0.1) is 6.21 Å². The minimum atomic E-state index is -0.511. The van der Waals surface area contributed by atoms with Crippen LogP contribution >= 0.6 is 11.6 Å². The van der Waals surface area contributed by atoms with Crippen molar-refractivity contribution in [3.63, 3.8) is 0 Å². The smallest absolute Gasteiger partial charge is 0.267 e. The Labute approximate surface area is 156 Å². The molecule has 3 aromatic carbocycles. The second-order valence-corrected chi connectivity index (χ2v) is 5.83. The Morgan fingerprint density at radius 1 is 0.731 bits per heavy atom. The van der Waals surface area contributed by atoms with Gasteiger partial charge in [-0.05, 0) is 30.3 Å². The van der Waals surface area contributed by atoms with Gasteiger partial charge in [0.1, 0.15) is 0 Å². The molecule has 0 heterocycles. The highest BCUT2D eigenvalue weighted by atomic mass is 35.5. The first-order valence-corrected chi connectivity index (χ1v) is 8.32. The Morgan fingerprint density at radius 2 is 1.19 bits per heavy atom. The van der Waals surface area contributed by atoms with Crippen molar-refractivity contribution in [3.05, 3.63) is 107 Å². The maximum Gasteiger partial charge on any atom is 0.281 e. The lowest BCUT2D eigenvalue weighted by Crippen LogP contribution is -2.32. The van der Waals surface area contributed by atoms with E-state index in [4.69, 9.17) is 11.6 Å². The fourth-order valence-electron chi connectivity index (χ4n) is 2.30. The van der Waals surface area contributed by atoms with Gasteiger partial charge in [0.15, 0.2) is 0 Å². The molecule has 0 fully saturated rings. The molecular formula is C21H15ClN2O2. The molecule has 3 rings (SSSR count). The van der Waals surface area contributed by atoms with Crippen LogP contribution < -0.4 is 0 Å². The van der Waals surface area contributed by atoms with Crippen molar-refractivity contribution >= 4 is 29.6 Å². The first-order valence-electron chi connectivity index (χ1n) is 7.94. The Bertz CT molecular complexity index is 889. The SMILES string of the molecule is O=C(c1ccccc1)N(/N=C\c1ccccc1Cl)C(=O)c1ccccc1. The molecule has 3 aromatic rings. The van der Waals surface area contributed by atoms with E-state index in [2.05, 4.69) is 5.10 Å². The zero-order chi connectivity index (χ0) is 18.4. The molecule has 0 saturated heterocycles. The van der Waals surface area contributed by atoms with Crippen LogP contribution in [0.4, 0.5) is 0 Å². The number of hydrogen-bond acceptors (Lipinski definition) is 3. The van der Waals surface area contributed by atoms with Crippen LogP contribution in [0.15, 0.2) is 90.0 Å². The van der Waals surface area contributed by atoms with Crippen molar-refractivity contribution in [3.8, 4) is 0 Å². The van der Waals surface area contributed by atoms with Crippen molar-refractivity contribution in [1.29, 1.82) is 0 Å². The van der Waals surface area contributed by atoms with E-state index in [1.165, 1.54) is 6.21 Å². The highest BCUT2D eigenvalue weighted by Crippen LogP contribution is 2.15. The fraction of sp³-hybridized carbons (Fsp3) is 0. The van der Waals surface area contributed by atoms with Gasteiger partial charge in [0.25, 0.3) is 11.8 Å². The lowest BCUT2D eigenvalue weighted by molar-refractivity contribution is 0.0622. The van der Waals surface area contributed by atoms with Crippen molar-refractivity contribution in [2.45, 2.75) is 0 Å². The van der Waals surface area contributed by atoms with Gasteiger partial charge in [0, 0.05) is 21.7 Å². The average molecular weight is 363 g/mol. The molecule has 5 heteroatoms. The van der Waals surface area contributed by atoms with Crippen LogP contribution in [-0.2, 0) is 0 Å². The molecule has 4 nitrogen and oxygen atoms in total. The standard InChI is InChI=1S/C21H15ClN2O2/c22-19-14-8-7-13-18(19)15-23-24(20(25)16-9-3-1-4-10-16)21(26)17-11-5-2-6-12-17/h1-15H/b23-15-. The zero-order valence-electron chi connectivity index (χ0n) is 13.7. The Morgan fingerprint density at radius 3 is 1.69 bits per heavy atom. The first kappa shape index (κ1) is 17.6. The third-order valence-electron chi connectivity index (χ3n) is 3.64. The van der Waals surface area contributed by atoms with E-state index >= 15 is 0 Å². The maximum atomic E-state index is 12.8. The minimum absolute atomic E-state index is 0.369. The van der Waals surface area contributed by atoms with Crippen molar-refractivity contribution in [2.75, 3.05) is 0 Å². The third kappa shape index (κ3) is 4.05. The van der Waals surface area contributed by atoms with Crippen LogP contribution in [0.3, 0.4) is 0 Å². The van der Waals surface area contributed by atoms with E-state index in [9.17, 15) is 9.59 Å². The van der Waals surface area contributed by atoms with Crippen LogP contribution in [0.2, 0.25) is 5.02 Å². The molecular weight excluding hydrogens is 348 g/mol. The molecule has 0 spiro atoms. The summed E-state index contributed by atoms with van der Waals surface area (Å²) in [6.45, 7) is 0. The Balaban J connectivity index is 1.97. The van der Waals surface area contributed by atoms with E-state index in [0.29, 0.717) is 21.7 Å². The van der Waals surface area contributed by atoms with E-state index < -0.39 is 11.8 Å². The quantitative estimate of drug-likeness (QED) is 0.385. The first-order chi connectivity index (χ1) is 12.7. The second-order valence-electron chi connectivity index (χ2n) is 5.42. The molecule has 128 valence electrons. The molecule has 0 saturated carbocycles. The molecule has 0 bridgehead atoms. The largest absolute Gasteiger partial charge is 0.281 e. The van der Waals surface area contributed by atoms with Gasteiger partial charge in [-0.2, -0.15) is 10.1 Å². The highest BCUT2D eigenvalue weighted by Gasteiger charge is 2.23. The normalized spacial score (nSPS) is 10.7. The summed E-state index contributed by atoms with van der Waals surface area (Å²) in [6.07, 6.45) is 1.41. The van der Waals surface area contributed by atoms with Gasteiger partial charge >= 0.3 is 0 Å². The lowest BCUT2D eigenvalue weighted by Gasteiger charge is -2.15. The lowest BCUT2D eigenvalue weighted by atomic mass is 10.1. The van der Waals surface area contributed by atoms with E-state index in [1.54, 1.807) is 84.9 Å². The molecule has 0 aliphatic heterocycles. The van der Waals surface area contributed by atoms with E-state index in [0.717, 1.165) is 5.01 Å². The number of nitrogens with zero attached hydrogens (tertiary/aromatic N) is 2. The number of rotatable bonds is 4. The van der Waals surface area contributed by atoms with Crippen LogP contribution in [0.1, 0.15) is 26.3 Å². The molecule has 2 amide bonds. The summed E-state index contributed by atoms with van der Waals surface area (Å²) in [5.74, 6) is -1.02. The summed E-state index contributed by atoms with van der Waals surface area (Å²) < 4.78 is 0. The molecule has 0 atom stereocenters. The molecule has 26 heavy (non-hydrogen) atoms. The summed E-state index contributed by atoms with van der Waals surface area (Å²) >= 11 is 6.12. The molecule has 0 aliphatic carbocycles. The number of hydrogen-bond donors (Lipinski definition) is 0. The van der Waals surface area contributed by atoms with E-state index in [1.807, 2.05) is 0 Å². The minimum Gasteiger partial charge on any atom is -0.267 e. The van der Waals surface area contributed by atoms with Gasteiger partial charge in [-0.15, -0.1) is 0 Å². The predicted octanol–water partition coefficient (Wildman–Crippen LogP) is 4.66. The third-order valence-corrected chi connectivity index (χ3v) is 3.99. The summed E-state index contributed by atoms with van der Waals surface area (Å²) in [4.78, 5) is 25.6. The number of carbonyl (C=O) groups excluding carboxylic acids is 2. The summed E-state index contributed by atoms with van der Waals surface area (Å²) in [7, 11) is 0. The molecule has 0 unspecified atom stereocenters. The number of halogens is 1. The average Bonchev–Trinajstić information content (AvgIpc) is 2.70. The van der Waals surface area contributed by atoms with Gasteiger partial charge < -0.3 is 0 Å². The Hall–Kier alpha value is -3.24. The number of hydrazone groups is 1. The van der Waals surface area contributed by atoms with Crippen LogP contribution in [0.5, 0.6) is 0 Å². The number of imide groups is 1. The Kier molecular flexibility index (Phi) is 5.56. The van der Waals surface area contributed by atoms with Gasteiger partial charge in [-0.3, -0.25) is 9.59 Å². The van der Waals surface area contributed by atoms with Crippen LogP contribution in [0, 0.1) is 0 Å². The molecule has 0 aromatic heterocycles. The summed E-state index contributed by atoms with van der Waals surface area (Å²) in [5, 5.41) is 5.47. The number of benzene rings is 3. The van der Waals surface area contributed by atoms with Crippen molar-refractivity contribution in [1.82, 2.24) is 5.01 Å². The van der Waals surface area contributed by atoms with Crippen LogP contribution in [0.25, 0.3) is 0 Å². The second kappa shape index (κ2) is 8.23. The topological polar surface area (TPSA) is 49.7 Å². The maximum absolute atomic E-state index is 12.8. The molecule has 0 radical (unpaired) electrons. The number of amides is 2. The van der Waals surface area contributed by atoms with Gasteiger partial charge in [-0.25, -0.2) is 0 Å². The monoisotopic (exact) mass is 362 g/mol. The highest BCUT2D eigenvalue weighted by molar-refractivity contribution is 6.33. The number of carbonyl (C=O) groups is 2. The molecule has 0 N–H and O–H groups in total. The van der Waals surface area contributed by atoms with E-state index in [-0.39, 0.29) is 0 Å². The fourth-order valence-corrected chi connectivity index (χ4v) is 2.49. The van der Waals surface area contributed by atoms with Gasteiger partial charge in [-0.1, -0.05) is 66.2 Å². The van der Waals surface area contributed by atoms with Crippen molar-refractivity contribution in [2.24, 2.45) is 5.10 Å². The summed E-state index contributed by atoms with van der Waals surface area (Å²) in [6, 6.07) is 24.1.